The Morgan fingerprint density at radius 1 is 0.676 bits per heavy atom. The molecule has 0 radical (unpaired) electrons. The highest BCUT2D eigenvalue weighted by Gasteiger charge is 2.09. The summed E-state index contributed by atoms with van der Waals surface area (Å²) in [5.74, 6) is 1.48. The lowest BCUT2D eigenvalue weighted by Gasteiger charge is -2.13. The van der Waals surface area contributed by atoms with Crippen molar-refractivity contribution < 1.29 is 9.90 Å². The van der Waals surface area contributed by atoms with Crippen LogP contribution < -0.4 is 0 Å². The number of rotatable bonds is 8. The molecule has 0 saturated carbocycles. The summed E-state index contributed by atoms with van der Waals surface area (Å²) in [4.78, 5) is 12.0. The summed E-state index contributed by atoms with van der Waals surface area (Å²) >= 11 is 0. The van der Waals surface area contributed by atoms with Gasteiger partial charge in [0.25, 0.3) is 0 Å². The standard InChI is InChI=1S/C16H20O.C16H18O.C2H7P/c2*1-12(2)7-10-16(17)15-9-8-13-5-3-4-6-14(13)11-15;1-3-2/h3-6,8-9,11-12,16-17H,7,10H2,1-2H3;3-6,8-9,11-12H,7,10H2,1-2H3;3H,1-2H3. The smallest absolute Gasteiger partial charge is 0.162 e. The zero-order valence-electron chi connectivity index (χ0n) is 23.5. The SMILES string of the molecule is CC(C)CCC(=O)c1ccc2ccccc2c1.CC(C)CCC(O)c1ccc2ccccc2c1.CPC. The van der Waals surface area contributed by atoms with Crippen molar-refractivity contribution in [2.24, 2.45) is 11.8 Å². The number of hydrogen-bond acceptors (Lipinski definition) is 2. The number of carbonyl (C=O) groups excluding carboxylic acids is 1. The van der Waals surface area contributed by atoms with E-state index in [4.69, 9.17) is 0 Å². The quantitative estimate of drug-likeness (QED) is 0.187. The monoisotopic (exact) mass is 516 g/mol. The van der Waals surface area contributed by atoms with E-state index in [1.807, 2.05) is 48.5 Å². The van der Waals surface area contributed by atoms with Gasteiger partial charge in [0.2, 0.25) is 0 Å². The Labute approximate surface area is 226 Å². The van der Waals surface area contributed by atoms with Crippen molar-refractivity contribution in [1.29, 1.82) is 0 Å². The van der Waals surface area contributed by atoms with E-state index in [1.54, 1.807) is 0 Å². The number of aliphatic hydroxyl groups is 1. The lowest BCUT2D eigenvalue weighted by atomic mass is 9.98. The van der Waals surface area contributed by atoms with Gasteiger partial charge in [-0.25, -0.2) is 0 Å². The van der Waals surface area contributed by atoms with Crippen molar-refractivity contribution in [3.8, 4) is 0 Å². The van der Waals surface area contributed by atoms with E-state index in [-0.39, 0.29) is 11.9 Å². The second kappa shape index (κ2) is 16.3. The zero-order chi connectivity index (χ0) is 27.2. The van der Waals surface area contributed by atoms with E-state index in [0.717, 1.165) is 44.4 Å². The van der Waals surface area contributed by atoms with Crippen molar-refractivity contribution in [3.05, 3.63) is 96.1 Å². The summed E-state index contributed by atoms with van der Waals surface area (Å²) < 4.78 is 0. The first kappa shape index (κ1) is 30.7. The summed E-state index contributed by atoms with van der Waals surface area (Å²) in [5.41, 5.74) is 1.87. The molecule has 0 spiro atoms. The third-order valence-corrected chi connectivity index (χ3v) is 6.20. The molecule has 0 fully saturated rings. The van der Waals surface area contributed by atoms with Gasteiger partial charge in [0.1, 0.15) is 0 Å². The molecule has 1 N–H and O–H groups in total. The molecule has 0 heterocycles. The number of carbonyl (C=O) groups is 1. The van der Waals surface area contributed by atoms with Crippen LogP contribution >= 0.6 is 8.58 Å². The molecule has 1 unspecified atom stereocenters. The predicted octanol–water partition coefficient (Wildman–Crippen LogP) is 9.69. The lowest BCUT2D eigenvalue weighted by Crippen LogP contribution is -2.01. The fourth-order valence-electron chi connectivity index (χ4n) is 4.00. The van der Waals surface area contributed by atoms with Crippen LogP contribution in [0.15, 0.2) is 84.9 Å². The van der Waals surface area contributed by atoms with Crippen LogP contribution in [0.4, 0.5) is 0 Å². The number of fused-ring (bicyclic) bond motifs is 2. The molecule has 1 atom stereocenters. The van der Waals surface area contributed by atoms with E-state index in [0.29, 0.717) is 18.3 Å². The molecular formula is C34H45O2P. The van der Waals surface area contributed by atoms with E-state index >= 15 is 0 Å². The maximum atomic E-state index is 12.0. The summed E-state index contributed by atoms with van der Waals surface area (Å²) in [5, 5.41) is 14.9. The third-order valence-electron chi connectivity index (χ3n) is 6.20. The largest absolute Gasteiger partial charge is 0.388 e. The maximum Gasteiger partial charge on any atom is 0.162 e. The van der Waals surface area contributed by atoms with Crippen LogP contribution in [0.2, 0.25) is 0 Å². The number of Topliss-reactive ketones (excluding diaryl/α,β-unsaturated/α-hetero) is 1. The number of hydrogen-bond donors (Lipinski definition) is 1. The molecule has 0 amide bonds. The van der Waals surface area contributed by atoms with Gasteiger partial charge in [-0.1, -0.05) is 100 Å². The minimum absolute atomic E-state index is 0.254. The first-order chi connectivity index (χ1) is 17.7. The molecule has 4 aromatic rings. The number of benzene rings is 4. The van der Waals surface area contributed by atoms with E-state index in [1.165, 1.54) is 16.2 Å². The van der Waals surface area contributed by atoms with Crippen LogP contribution in [-0.4, -0.2) is 24.2 Å². The Bertz CT molecular complexity index is 1230. The van der Waals surface area contributed by atoms with Gasteiger partial charge in [0.15, 0.2) is 5.78 Å². The Kier molecular flexibility index (Phi) is 13.5. The molecule has 4 aromatic carbocycles. The highest BCUT2D eigenvalue weighted by molar-refractivity contribution is 7.35. The van der Waals surface area contributed by atoms with E-state index in [9.17, 15) is 9.90 Å². The average Bonchev–Trinajstić information content (AvgIpc) is 2.90. The molecule has 0 saturated heterocycles. The van der Waals surface area contributed by atoms with Crippen LogP contribution in [0.5, 0.6) is 0 Å². The molecule has 0 aliphatic rings. The van der Waals surface area contributed by atoms with Crippen molar-refractivity contribution in [2.75, 3.05) is 13.3 Å². The molecule has 198 valence electrons. The van der Waals surface area contributed by atoms with E-state index in [2.05, 4.69) is 77.4 Å². The topological polar surface area (TPSA) is 37.3 Å². The molecule has 4 rings (SSSR count). The molecule has 37 heavy (non-hydrogen) atoms. The normalized spacial score (nSPS) is 11.6. The molecule has 0 bridgehead atoms. The Morgan fingerprint density at radius 3 is 1.70 bits per heavy atom. The summed E-state index contributed by atoms with van der Waals surface area (Å²) in [6.07, 6.45) is 3.19. The van der Waals surface area contributed by atoms with Crippen LogP contribution in [-0.2, 0) is 0 Å². The van der Waals surface area contributed by atoms with Crippen LogP contribution in [0, 0.1) is 11.8 Å². The lowest BCUT2D eigenvalue weighted by molar-refractivity contribution is 0.0975. The minimum Gasteiger partial charge on any atom is -0.388 e. The van der Waals surface area contributed by atoms with Gasteiger partial charge in [0, 0.05) is 12.0 Å². The highest BCUT2D eigenvalue weighted by Crippen LogP contribution is 2.24. The first-order valence-corrected chi connectivity index (χ1v) is 15.5. The number of aliphatic hydroxyl groups excluding tert-OH is 1. The molecular weight excluding hydrogens is 471 g/mol. The molecule has 0 aliphatic carbocycles. The molecule has 3 heteroatoms. The predicted molar refractivity (Wildman–Crippen MR) is 165 cm³/mol. The van der Waals surface area contributed by atoms with Gasteiger partial charge >= 0.3 is 0 Å². The average molecular weight is 517 g/mol. The van der Waals surface area contributed by atoms with Crippen LogP contribution in [0.1, 0.15) is 75.4 Å². The molecule has 0 aliphatic heterocycles. The highest BCUT2D eigenvalue weighted by atomic mass is 31.1. The number of ketones is 1. The van der Waals surface area contributed by atoms with Crippen molar-refractivity contribution in [3.63, 3.8) is 0 Å². The van der Waals surface area contributed by atoms with Crippen molar-refractivity contribution in [1.82, 2.24) is 0 Å². The third kappa shape index (κ3) is 10.8. The molecule has 0 aromatic heterocycles. The second-order valence-electron chi connectivity index (χ2n) is 10.5. The van der Waals surface area contributed by atoms with Gasteiger partial charge < -0.3 is 5.11 Å². The van der Waals surface area contributed by atoms with E-state index < -0.39 is 0 Å². The van der Waals surface area contributed by atoms with Crippen molar-refractivity contribution in [2.45, 2.75) is 59.5 Å². The van der Waals surface area contributed by atoms with Crippen molar-refractivity contribution >= 4 is 35.9 Å². The van der Waals surface area contributed by atoms with Crippen LogP contribution in [0.25, 0.3) is 21.5 Å². The zero-order valence-corrected chi connectivity index (χ0v) is 24.5. The summed E-state index contributed by atoms with van der Waals surface area (Å²) in [6.45, 7) is 13.0. The fourth-order valence-corrected chi connectivity index (χ4v) is 4.00. The van der Waals surface area contributed by atoms with Gasteiger partial charge in [-0.05, 0) is 83.7 Å². The Balaban J connectivity index is 0.000000235. The minimum atomic E-state index is -0.331. The summed E-state index contributed by atoms with van der Waals surface area (Å²) in [6, 6.07) is 28.6. The second-order valence-corrected chi connectivity index (χ2v) is 11.5. The Morgan fingerprint density at radius 2 is 1.16 bits per heavy atom. The van der Waals surface area contributed by atoms with Gasteiger partial charge in [0.05, 0.1) is 6.10 Å². The van der Waals surface area contributed by atoms with Gasteiger partial charge in [-0.3, -0.25) is 4.79 Å². The summed E-state index contributed by atoms with van der Waals surface area (Å²) in [7, 11) is 1.08. The fraction of sp³-hybridized carbons (Fsp3) is 0.382. The molecule has 2 nitrogen and oxygen atoms in total. The van der Waals surface area contributed by atoms with Gasteiger partial charge in [-0.2, -0.15) is 0 Å². The van der Waals surface area contributed by atoms with Crippen LogP contribution in [0.3, 0.4) is 0 Å². The Hall–Kier alpha value is -2.54. The first-order valence-electron chi connectivity index (χ1n) is 13.5. The maximum absolute atomic E-state index is 12.0. The van der Waals surface area contributed by atoms with Gasteiger partial charge in [-0.15, -0.1) is 8.58 Å².